The van der Waals surface area contributed by atoms with Crippen molar-refractivity contribution in [3.05, 3.63) is 59.7 Å². The molecule has 0 aliphatic carbocycles. The molecule has 0 aromatic heterocycles. The second-order valence-electron chi connectivity index (χ2n) is 10.4. The van der Waals surface area contributed by atoms with E-state index in [4.69, 9.17) is 4.74 Å². The summed E-state index contributed by atoms with van der Waals surface area (Å²) in [5.41, 5.74) is 2.35. The Labute approximate surface area is 220 Å². The second kappa shape index (κ2) is 11.9. The average molecular weight is 555 g/mol. The molecule has 0 aliphatic rings. The highest BCUT2D eigenvalue weighted by Gasteiger charge is 2.31. The van der Waals surface area contributed by atoms with Gasteiger partial charge >= 0.3 is 6.09 Å². The molecule has 37 heavy (non-hydrogen) atoms. The minimum atomic E-state index is -3.96. The van der Waals surface area contributed by atoms with Gasteiger partial charge < -0.3 is 9.84 Å². The van der Waals surface area contributed by atoms with Gasteiger partial charge in [-0.25, -0.2) is 30.7 Å². The molecule has 11 heteroatoms. The van der Waals surface area contributed by atoms with Crippen LogP contribution in [0.5, 0.6) is 0 Å². The first-order chi connectivity index (χ1) is 16.9. The van der Waals surface area contributed by atoms with Crippen LogP contribution in [0.25, 0.3) is 11.1 Å². The molecule has 0 spiro atoms. The predicted octanol–water partition coefficient (Wildman–Crippen LogP) is 4.02. The van der Waals surface area contributed by atoms with Crippen LogP contribution in [0.4, 0.5) is 4.79 Å². The van der Waals surface area contributed by atoms with Gasteiger partial charge in [0, 0.05) is 6.54 Å². The Morgan fingerprint density at radius 2 is 1.38 bits per heavy atom. The molecule has 0 saturated carbocycles. The summed E-state index contributed by atoms with van der Waals surface area (Å²) >= 11 is 0. The Morgan fingerprint density at radius 1 is 0.919 bits per heavy atom. The average Bonchev–Trinajstić information content (AvgIpc) is 2.79. The maximum absolute atomic E-state index is 12.4. The molecule has 2 aromatic carbocycles. The number of nitrogens with one attached hydrogen (secondary N) is 1. The van der Waals surface area contributed by atoms with Crippen LogP contribution in [0.3, 0.4) is 0 Å². The zero-order valence-corrected chi connectivity index (χ0v) is 24.1. The summed E-state index contributed by atoms with van der Waals surface area (Å²) in [6, 6.07) is 14.7. The van der Waals surface area contributed by atoms with E-state index in [1.165, 1.54) is 0 Å². The van der Waals surface area contributed by atoms with Crippen LogP contribution in [0.2, 0.25) is 0 Å². The predicted molar refractivity (Wildman–Crippen MR) is 145 cm³/mol. The quantitative estimate of drug-likeness (QED) is 0.454. The van der Waals surface area contributed by atoms with Crippen LogP contribution in [0.1, 0.15) is 64.7 Å². The fraction of sp³-hybridized carbons (Fsp3) is 0.500. The van der Waals surface area contributed by atoms with Gasteiger partial charge in [-0.1, -0.05) is 55.5 Å². The van der Waals surface area contributed by atoms with E-state index in [-0.39, 0.29) is 5.92 Å². The van der Waals surface area contributed by atoms with Crippen molar-refractivity contribution in [2.75, 3.05) is 19.3 Å². The van der Waals surface area contributed by atoms with Gasteiger partial charge in [-0.15, -0.1) is 0 Å². The number of carbonyl (C=O) groups excluding carboxylic acids is 1. The van der Waals surface area contributed by atoms with Gasteiger partial charge in [0.1, 0.15) is 5.60 Å². The van der Waals surface area contributed by atoms with Crippen molar-refractivity contribution in [3.8, 4) is 11.1 Å². The standard InChI is InChI=1S/C26H38N2O7S2/c1-18(2)37(33,34)27-16-19(3)20-8-10-21(11-9-20)22-12-14-23(15-13-22)24(29)17-28(36(7,31)32)25(30)35-26(4,5)6/h8-15,18-19,24,27,29H,16-17H2,1-7H3. The maximum Gasteiger partial charge on any atom is 0.424 e. The molecule has 0 heterocycles. The fourth-order valence-corrected chi connectivity index (χ4v) is 4.88. The highest BCUT2D eigenvalue weighted by atomic mass is 32.2. The molecular formula is C26H38N2O7S2. The molecule has 2 N–H and O–H groups in total. The summed E-state index contributed by atoms with van der Waals surface area (Å²) in [6.07, 6.45) is -1.40. The van der Waals surface area contributed by atoms with Crippen molar-refractivity contribution in [1.82, 2.24) is 9.03 Å². The van der Waals surface area contributed by atoms with Crippen molar-refractivity contribution in [3.63, 3.8) is 0 Å². The summed E-state index contributed by atoms with van der Waals surface area (Å²) < 4.78 is 56.6. The van der Waals surface area contributed by atoms with Gasteiger partial charge in [-0.2, -0.15) is 0 Å². The van der Waals surface area contributed by atoms with Crippen molar-refractivity contribution >= 4 is 26.1 Å². The molecule has 0 saturated heterocycles. The Morgan fingerprint density at radius 3 is 1.78 bits per heavy atom. The third-order valence-electron chi connectivity index (χ3n) is 5.66. The third-order valence-corrected chi connectivity index (χ3v) is 8.57. The van der Waals surface area contributed by atoms with Gasteiger partial charge in [0.25, 0.3) is 0 Å². The molecular weight excluding hydrogens is 516 g/mol. The first kappa shape index (κ1) is 30.8. The van der Waals surface area contributed by atoms with E-state index in [0.29, 0.717) is 16.4 Å². The minimum Gasteiger partial charge on any atom is -0.443 e. The lowest BCUT2D eigenvalue weighted by Crippen LogP contribution is -2.42. The van der Waals surface area contributed by atoms with Crippen molar-refractivity contribution < 1.29 is 31.5 Å². The van der Waals surface area contributed by atoms with Crippen LogP contribution in [-0.2, 0) is 24.8 Å². The number of aliphatic hydroxyl groups excluding tert-OH is 1. The van der Waals surface area contributed by atoms with E-state index in [0.717, 1.165) is 22.9 Å². The number of ether oxygens (including phenoxy) is 1. The maximum atomic E-state index is 12.4. The van der Waals surface area contributed by atoms with Crippen LogP contribution < -0.4 is 4.72 Å². The highest BCUT2D eigenvalue weighted by molar-refractivity contribution is 7.90. The van der Waals surface area contributed by atoms with Crippen LogP contribution in [-0.4, -0.2) is 62.5 Å². The number of rotatable bonds is 10. The molecule has 206 valence electrons. The number of amides is 1. The van der Waals surface area contributed by atoms with E-state index in [1.54, 1.807) is 58.9 Å². The third kappa shape index (κ3) is 9.10. The Bertz CT molecular complexity index is 1270. The Balaban J connectivity index is 2.10. The summed E-state index contributed by atoms with van der Waals surface area (Å²) in [7, 11) is -7.28. The number of carbonyl (C=O) groups is 1. The molecule has 0 bridgehead atoms. The fourth-order valence-electron chi connectivity index (χ4n) is 3.35. The lowest BCUT2D eigenvalue weighted by Gasteiger charge is -2.27. The first-order valence-corrected chi connectivity index (χ1v) is 15.4. The minimum absolute atomic E-state index is 0.0112. The monoisotopic (exact) mass is 554 g/mol. The summed E-state index contributed by atoms with van der Waals surface area (Å²) in [4.78, 5) is 12.4. The van der Waals surface area contributed by atoms with E-state index in [9.17, 15) is 26.7 Å². The molecule has 0 aliphatic heterocycles. The molecule has 2 aromatic rings. The Hall–Kier alpha value is -2.47. The number of hydrogen-bond donors (Lipinski definition) is 2. The number of sulfonamides is 2. The van der Waals surface area contributed by atoms with Gasteiger partial charge in [0.05, 0.1) is 24.2 Å². The van der Waals surface area contributed by atoms with Gasteiger partial charge in [0.2, 0.25) is 20.0 Å². The van der Waals surface area contributed by atoms with Gasteiger partial charge in [0.15, 0.2) is 0 Å². The highest BCUT2D eigenvalue weighted by Crippen LogP contribution is 2.26. The lowest BCUT2D eigenvalue weighted by atomic mass is 9.97. The molecule has 2 rings (SSSR count). The van der Waals surface area contributed by atoms with Crippen LogP contribution in [0, 0.1) is 0 Å². The summed E-state index contributed by atoms with van der Waals surface area (Å²) in [6.45, 7) is 9.93. The van der Waals surface area contributed by atoms with Crippen molar-refractivity contribution in [2.45, 2.75) is 64.4 Å². The molecule has 2 atom stereocenters. The molecule has 9 nitrogen and oxygen atoms in total. The second-order valence-corrected chi connectivity index (χ2v) is 14.6. The van der Waals surface area contributed by atoms with Crippen LogP contribution >= 0.6 is 0 Å². The van der Waals surface area contributed by atoms with Crippen molar-refractivity contribution in [1.29, 1.82) is 0 Å². The van der Waals surface area contributed by atoms with E-state index < -0.39 is 49.6 Å². The zero-order valence-electron chi connectivity index (χ0n) is 22.4. The number of nitrogens with zero attached hydrogens (tertiary/aromatic N) is 1. The van der Waals surface area contributed by atoms with E-state index >= 15 is 0 Å². The molecule has 2 unspecified atom stereocenters. The Kier molecular flexibility index (Phi) is 9.92. The zero-order chi connectivity index (χ0) is 28.2. The number of aliphatic hydroxyl groups is 1. The van der Waals surface area contributed by atoms with E-state index in [2.05, 4.69) is 4.72 Å². The molecule has 0 radical (unpaired) electrons. The van der Waals surface area contributed by atoms with Gasteiger partial charge in [-0.3, -0.25) is 0 Å². The molecule has 1 amide bonds. The number of hydrogen-bond acceptors (Lipinski definition) is 7. The van der Waals surface area contributed by atoms with Crippen LogP contribution in [0.15, 0.2) is 48.5 Å². The lowest BCUT2D eigenvalue weighted by molar-refractivity contribution is 0.0322. The molecule has 0 fully saturated rings. The summed E-state index contributed by atoms with van der Waals surface area (Å²) in [5.74, 6) is -0.0112. The van der Waals surface area contributed by atoms with E-state index in [1.807, 2.05) is 31.2 Å². The van der Waals surface area contributed by atoms with Crippen molar-refractivity contribution in [2.24, 2.45) is 0 Å². The smallest absolute Gasteiger partial charge is 0.424 e. The summed E-state index contributed by atoms with van der Waals surface area (Å²) in [5, 5.41) is 10.1. The topological polar surface area (TPSA) is 130 Å². The van der Waals surface area contributed by atoms with Gasteiger partial charge in [-0.05, 0) is 62.8 Å². The normalized spacial score (nSPS) is 14.3. The first-order valence-electron chi connectivity index (χ1n) is 12.0. The largest absolute Gasteiger partial charge is 0.443 e. The SMILES string of the molecule is CC(CNS(=O)(=O)C(C)C)c1ccc(-c2ccc(C(O)CN(C(=O)OC(C)(C)C)S(C)(=O)=O)cc2)cc1. The number of benzene rings is 2.